The summed E-state index contributed by atoms with van der Waals surface area (Å²) in [5.41, 5.74) is 1.02. The van der Waals surface area contributed by atoms with E-state index in [1.54, 1.807) is 11.3 Å². The topological polar surface area (TPSA) is 42.0 Å². The molecule has 0 aliphatic heterocycles. The number of amides is 1. The van der Waals surface area contributed by atoms with Crippen molar-refractivity contribution in [3.63, 3.8) is 0 Å². The highest BCUT2D eigenvalue weighted by atomic mass is 32.2. The lowest BCUT2D eigenvalue weighted by Gasteiger charge is -2.09. The zero-order valence-corrected chi connectivity index (χ0v) is 11.6. The number of nitrogens with zero attached hydrogens (tertiary/aromatic N) is 1. The van der Waals surface area contributed by atoms with Gasteiger partial charge in [-0.15, -0.1) is 11.3 Å². The average Bonchev–Trinajstić information content (AvgIpc) is 2.64. The van der Waals surface area contributed by atoms with E-state index in [1.807, 2.05) is 19.2 Å². The molecule has 0 aliphatic carbocycles. The predicted octanol–water partition coefficient (Wildman–Crippen LogP) is 2.85. The number of rotatable bonds is 6. The minimum absolute atomic E-state index is 0.0672. The third-order valence-corrected chi connectivity index (χ3v) is 4.26. The van der Waals surface area contributed by atoms with Gasteiger partial charge in [-0.2, -0.15) is 0 Å². The molecule has 0 saturated heterocycles. The monoisotopic (exact) mass is 258 g/mol. The van der Waals surface area contributed by atoms with E-state index in [0.717, 1.165) is 29.4 Å². The summed E-state index contributed by atoms with van der Waals surface area (Å²) in [4.78, 5) is 16.0. The van der Waals surface area contributed by atoms with E-state index in [1.165, 1.54) is 11.8 Å². The summed E-state index contributed by atoms with van der Waals surface area (Å²) in [6.07, 6.45) is 2.15. The molecule has 3 nitrogen and oxygen atoms in total. The minimum atomic E-state index is -0.0672. The van der Waals surface area contributed by atoms with Gasteiger partial charge >= 0.3 is 0 Å². The lowest BCUT2D eigenvalue weighted by molar-refractivity contribution is -0.120. The van der Waals surface area contributed by atoms with Gasteiger partial charge in [0.05, 0.1) is 5.25 Å². The number of aryl methyl sites for hydroxylation is 1. The molecule has 0 bridgehead atoms. The first-order chi connectivity index (χ1) is 7.63. The maximum atomic E-state index is 11.7. The fourth-order valence-corrected chi connectivity index (χ4v) is 3.13. The molecule has 16 heavy (non-hydrogen) atoms. The van der Waals surface area contributed by atoms with Crippen LogP contribution in [0.3, 0.4) is 0 Å². The molecule has 1 aromatic rings. The van der Waals surface area contributed by atoms with E-state index >= 15 is 0 Å². The first-order valence-electron chi connectivity index (χ1n) is 5.50. The summed E-state index contributed by atoms with van der Waals surface area (Å²) in [6.45, 7) is 6.77. The van der Waals surface area contributed by atoms with Crippen LogP contribution in [0.2, 0.25) is 0 Å². The standard InChI is InChI=1S/C11H18N2OS2/c1-4-5-6-12-10(14)9(3)16-11-13-8(2)7-15-11/h7,9H,4-6H2,1-3H3,(H,12,14)/t9-/m1/s1. The summed E-state index contributed by atoms with van der Waals surface area (Å²) < 4.78 is 0.968. The molecule has 1 heterocycles. The summed E-state index contributed by atoms with van der Waals surface area (Å²) in [7, 11) is 0. The van der Waals surface area contributed by atoms with Gasteiger partial charge in [-0.3, -0.25) is 4.79 Å². The SMILES string of the molecule is CCCCNC(=O)[C@@H](C)Sc1nc(C)cs1. The highest BCUT2D eigenvalue weighted by Gasteiger charge is 2.15. The van der Waals surface area contributed by atoms with Gasteiger partial charge in [-0.05, 0) is 20.3 Å². The Morgan fingerprint density at radius 1 is 1.69 bits per heavy atom. The molecule has 1 amide bonds. The molecule has 0 aromatic carbocycles. The lowest BCUT2D eigenvalue weighted by Crippen LogP contribution is -2.31. The van der Waals surface area contributed by atoms with Crippen LogP contribution in [-0.2, 0) is 4.79 Å². The summed E-state index contributed by atoms with van der Waals surface area (Å²) >= 11 is 3.12. The van der Waals surface area contributed by atoms with Crippen LogP contribution in [0.25, 0.3) is 0 Å². The third kappa shape index (κ3) is 4.53. The second kappa shape index (κ2) is 6.91. The molecular formula is C11H18N2OS2. The van der Waals surface area contributed by atoms with Crippen molar-refractivity contribution in [3.8, 4) is 0 Å². The Bertz CT molecular complexity index is 338. The summed E-state index contributed by atoms with van der Waals surface area (Å²) in [5, 5.41) is 4.86. The highest BCUT2D eigenvalue weighted by molar-refractivity contribution is 8.02. The zero-order chi connectivity index (χ0) is 12.0. The second-order valence-electron chi connectivity index (χ2n) is 3.66. The van der Waals surface area contributed by atoms with Crippen molar-refractivity contribution in [3.05, 3.63) is 11.1 Å². The van der Waals surface area contributed by atoms with Crippen molar-refractivity contribution >= 4 is 29.0 Å². The number of aromatic nitrogens is 1. The number of thioether (sulfide) groups is 1. The highest BCUT2D eigenvalue weighted by Crippen LogP contribution is 2.26. The number of carbonyl (C=O) groups is 1. The Balaban J connectivity index is 2.34. The molecule has 1 N–H and O–H groups in total. The minimum Gasteiger partial charge on any atom is -0.355 e. The number of hydrogen-bond donors (Lipinski definition) is 1. The molecule has 0 saturated carbocycles. The van der Waals surface area contributed by atoms with Gasteiger partial charge in [-0.25, -0.2) is 4.98 Å². The Morgan fingerprint density at radius 3 is 3.00 bits per heavy atom. The first kappa shape index (κ1) is 13.5. The van der Waals surface area contributed by atoms with Gasteiger partial charge in [0.1, 0.15) is 0 Å². The average molecular weight is 258 g/mol. The Hall–Kier alpha value is -0.550. The molecule has 90 valence electrons. The summed E-state index contributed by atoms with van der Waals surface area (Å²) in [6, 6.07) is 0. The van der Waals surface area contributed by atoms with Gasteiger partial charge < -0.3 is 5.32 Å². The van der Waals surface area contributed by atoms with Crippen LogP contribution in [-0.4, -0.2) is 22.7 Å². The van der Waals surface area contributed by atoms with E-state index in [-0.39, 0.29) is 11.2 Å². The van der Waals surface area contributed by atoms with Crippen molar-refractivity contribution in [2.24, 2.45) is 0 Å². The lowest BCUT2D eigenvalue weighted by atomic mass is 10.3. The number of nitrogens with one attached hydrogen (secondary N) is 1. The first-order valence-corrected chi connectivity index (χ1v) is 7.26. The van der Waals surface area contributed by atoms with Gasteiger partial charge in [0.25, 0.3) is 0 Å². The number of unbranched alkanes of at least 4 members (excludes halogenated alkanes) is 1. The van der Waals surface area contributed by atoms with Crippen molar-refractivity contribution in [2.45, 2.75) is 43.2 Å². The molecule has 1 rings (SSSR count). The maximum Gasteiger partial charge on any atom is 0.233 e. The van der Waals surface area contributed by atoms with Gasteiger partial charge in [0, 0.05) is 17.6 Å². The summed E-state index contributed by atoms with van der Waals surface area (Å²) in [5.74, 6) is 0.103. The second-order valence-corrected chi connectivity index (χ2v) is 6.11. The predicted molar refractivity (Wildman–Crippen MR) is 70.1 cm³/mol. The van der Waals surface area contributed by atoms with Crippen LogP contribution in [0.15, 0.2) is 9.72 Å². The Morgan fingerprint density at radius 2 is 2.44 bits per heavy atom. The smallest absolute Gasteiger partial charge is 0.233 e. The van der Waals surface area contributed by atoms with Gasteiger partial charge in [0.15, 0.2) is 4.34 Å². The fraction of sp³-hybridized carbons (Fsp3) is 0.636. The molecule has 0 fully saturated rings. The van der Waals surface area contributed by atoms with E-state index in [9.17, 15) is 4.79 Å². The fourth-order valence-electron chi connectivity index (χ4n) is 1.12. The van der Waals surface area contributed by atoms with Crippen LogP contribution in [0.4, 0.5) is 0 Å². The zero-order valence-electron chi connectivity index (χ0n) is 9.95. The van der Waals surface area contributed by atoms with Crippen LogP contribution >= 0.6 is 23.1 Å². The van der Waals surface area contributed by atoms with Crippen LogP contribution in [0.5, 0.6) is 0 Å². The molecule has 1 atom stereocenters. The van der Waals surface area contributed by atoms with Crippen molar-refractivity contribution in [1.82, 2.24) is 10.3 Å². The molecule has 1 aromatic heterocycles. The van der Waals surface area contributed by atoms with Crippen molar-refractivity contribution < 1.29 is 4.79 Å². The van der Waals surface area contributed by atoms with E-state index in [0.29, 0.717) is 0 Å². The number of hydrogen-bond acceptors (Lipinski definition) is 4. The Kier molecular flexibility index (Phi) is 5.84. The molecular weight excluding hydrogens is 240 g/mol. The van der Waals surface area contributed by atoms with Crippen LogP contribution in [0, 0.1) is 6.92 Å². The van der Waals surface area contributed by atoms with E-state index < -0.39 is 0 Å². The third-order valence-electron chi connectivity index (χ3n) is 2.07. The molecule has 5 heteroatoms. The molecule has 0 spiro atoms. The molecule has 0 radical (unpaired) electrons. The normalized spacial score (nSPS) is 12.4. The van der Waals surface area contributed by atoms with E-state index in [4.69, 9.17) is 0 Å². The van der Waals surface area contributed by atoms with Crippen LogP contribution in [0.1, 0.15) is 32.4 Å². The largest absolute Gasteiger partial charge is 0.355 e. The number of carbonyl (C=O) groups excluding carboxylic acids is 1. The quantitative estimate of drug-likeness (QED) is 0.630. The Labute approximate surface area is 105 Å². The van der Waals surface area contributed by atoms with Gasteiger partial charge in [-0.1, -0.05) is 25.1 Å². The van der Waals surface area contributed by atoms with Crippen molar-refractivity contribution in [2.75, 3.05) is 6.54 Å². The van der Waals surface area contributed by atoms with E-state index in [2.05, 4.69) is 17.2 Å². The van der Waals surface area contributed by atoms with Crippen LogP contribution < -0.4 is 5.32 Å². The number of thiazole rings is 1. The van der Waals surface area contributed by atoms with Gasteiger partial charge in [0.2, 0.25) is 5.91 Å². The molecule has 0 unspecified atom stereocenters. The van der Waals surface area contributed by atoms with Crippen molar-refractivity contribution in [1.29, 1.82) is 0 Å². The molecule has 0 aliphatic rings. The maximum absolute atomic E-state index is 11.7.